The summed E-state index contributed by atoms with van der Waals surface area (Å²) in [5.74, 6) is -0.366. The monoisotopic (exact) mass is 354 g/mol. The van der Waals surface area contributed by atoms with E-state index in [1.54, 1.807) is 36.7 Å². The van der Waals surface area contributed by atoms with E-state index >= 15 is 0 Å². The summed E-state index contributed by atoms with van der Waals surface area (Å²) in [5.41, 5.74) is 7.42. The molecule has 4 N–H and O–H groups in total. The second kappa shape index (κ2) is 8.07. The van der Waals surface area contributed by atoms with Gasteiger partial charge in [0.1, 0.15) is 0 Å². The van der Waals surface area contributed by atoms with E-state index in [1.807, 2.05) is 12.1 Å². The van der Waals surface area contributed by atoms with E-state index in [0.717, 1.165) is 5.56 Å². The van der Waals surface area contributed by atoms with Gasteiger partial charge in [-0.1, -0.05) is 12.1 Å². The molecule has 0 atom stereocenters. The van der Waals surface area contributed by atoms with Gasteiger partial charge in [0.05, 0.1) is 5.54 Å². The topological polar surface area (TPSA) is 106 Å². The number of amides is 2. The van der Waals surface area contributed by atoms with Gasteiger partial charge in [-0.05, 0) is 42.7 Å². The van der Waals surface area contributed by atoms with Gasteiger partial charge in [-0.15, -0.1) is 0 Å². The largest absolute Gasteiger partial charge is 0.381 e. The summed E-state index contributed by atoms with van der Waals surface area (Å²) in [5, 5.41) is 5.67. The van der Waals surface area contributed by atoms with Crippen LogP contribution in [0.3, 0.4) is 0 Å². The Hall–Kier alpha value is -2.77. The van der Waals surface area contributed by atoms with Crippen molar-refractivity contribution in [3.63, 3.8) is 0 Å². The molecule has 1 aliphatic heterocycles. The number of aromatic nitrogens is 1. The molecule has 2 aromatic rings. The van der Waals surface area contributed by atoms with Crippen LogP contribution in [-0.2, 0) is 16.1 Å². The van der Waals surface area contributed by atoms with Crippen molar-refractivity contribution in [2.45, 2.75) is 24.9 Å². The van der Waals surface area contributed by atoms with Gasteiger partial charge in [0.25, 0.3) is 5.91 Å². The first-order valence-corrected chi connectivity index (χ1v) is 8.52. The van der Waals surface area contributed by atoms with Crippen LogP contribution in [0.5, 0.6) is 0 Å². The third kappa shape index (κ3) is 4.44. The molecule has 1 aromatic carbocycles. The molecule has 3 rings (SSSR count). The first kappa shape index (κ1) is 18.0. The van der Waals surface area contributed by atoms with Gasteiger partial charge >= 0.3 is 0 Å². The number of hydrogen-bond acceptors (Lipinski definition) is 5. The molecule has 1 saturated heterocycles. The lowest BCUT2D eigenvalue weighted by molar-refractivity contribution is -0.129. The van der Waals surface area contributed by atoms with Gasteiger partial charge < -0.3 is 21.1 Å². The van der Waals surface area contributed by atoms with E-state index in [4.69, 9.17) is 10.5 Å². The molecule has 1 fully saturated rings. The lowest BCUT2D eigenvalue weighted by atomic mass is 9.90. The summed E-state index contributed by atoms with van der Waals surface area (Å²) < 4.78 is 5.25. The van der Waals surface area contributed by atoms with Gasteiger partial charge in [-0.25, -0.2) is 0 Å². The fourth-order valence-corrected chi connectivity index (χ4v) is 2.73. The van der Waals surface area contributed by atoms with E-state index in [-0.39, 0.29) is 11.8 Å². The third-order valence-corrected chi connectivity index (χ3v) is 4.44. The minimum atomic E-state index is -0.859. The molecule has 0 aliphatic carbocycles. The van der Waals surface area contributed by atoms with Gasteiger partial charge in [-0.3, -0.25) is 14.6 Å². The molecule has 0 unspecified atom stereocenters. The number of carbonyl (C=O) groups is 2. The Morgan fingerprint density at radius 1 is 1.08 bits per heavy atom. The quantitative estimate of drug-likeness (QED) is 0.754. The Morgan fingerprint density at radius 2 is 1.73 bits per heavy atom. The number of nitrogens with two attached hydrogens (primary N) is 1. The zero-order chi connectivity index (χ0) is 18.4. The summed E-state index contributed by atoms with van der Waals surface area (Å²) in [6.07, 6.45) is 4.27. The Kier molecular flexibility index (Phi) is 5.60. The minimum absolute atomic E-state index is 0.166. The number of rotatable bonds is 5. The van der Waals surface area contributed by atoms with Crippen molar-refractivity contribution in [1.29, 1.82) is 0 Å². The third-order valence-electron chi connectivity index (χ3n) is 4.44. The van der Waals surface area contributed by atoms with Gasteiger partial charge in [-0.2, -0.15) is 0 Å². The van der Waals surface area contributed by atoms with Crippen LogP contribution < -0.4 is 16.4 Å². The number of nitrogens with one attached hydrogen (secondary N) is 2. The molecule has 0 bridgehead atoms. The average molecular weight is 354 g/mol. The standard InChI is InChI=1S/C19H22N4O3/c20-19(7-11-26-12-8-19)18(25)22-13-14-1-3-15(4-2-14)17(24)23-16-5-9-21-10-6-16/h1-6,9-10H,7-8,11-13,20H2,(H,22,25)(H,21,23,24). The second-order valence-corrected chi connectivity index (χ2v) is 6.34. The van der Waals surface area contributed by atoms with Crippen LogP contribution in [0.4, 0.5) is 5.69 Å². The number of benzene rings is 1. The van der Waals surface area contributed by atoms with Crippen LogP contribution in [-0.4, -0.2) is 35.6 Å². The van der Waals surface area contributed by atoms with Gasteiger partial charge in [0.2, 0.25) is 5.91 Å². The van der Waals surface area contributed by atoms with Crippen LogP contribution in [0.2, 0.25) is 0 Å². The Labute approximate surface area is 151 Å². The highest BCUT2D eigenvalue weighted by Gasteiger charge is 2.35. The summed E-state index contributed by atoms with van der Waals surface area (Å²) in [6, 6.07) is 10.5. The van der Waals surface area contributed by atoms with Crippen LogP contribution in [0.15, 0.2) is 48.8 Å². The molecule has 26 heavy (non-hydrogen) atoms. The zero-order valence-corrected chi connectivity index (χ0v) is 14.4. The Morgan fingerprint density at radius 3 is 2.38 bits per heavy atom. The van der Waals surface area contributed by atoms with Crippen LogP contribution >= 0.6 is 0 Å². The van der Waals surface area contributed by atoms with Crippen LogP contribution in [0.1, 0.15) is 28.8 Å². The molecule has 1 aliphatic rings. The van der Waals surface area contributed by atoms with Crippen molar-refractivity contribution in [2.75, 3.05) is 18.5 Å². The fourth-order valence-electron chi connectivity index (χ4n) is 2.73. The van der Waals surface area contributed by atoms with Crippen molar-refractivity contribution >= 4 is 17.5 Å². The zero-order valence-electron chi connectivity index (χ0n) is 14.4. The summed E-state index contributed by atoms with van der Waals surface area (Å²) in [4.78, 5) is 28.4. The van der Waals surface area contributed by atoms with E-state index in [0.29, 0.717) is 43.9 Å². The molecule has 7 heteroatoms. The first-order chi connectivity index (χ1) is 12.6. The predicted molar refractivity (Wildman–Crippen MR) is 97.5 cm³/mol. The average Bonchev–Trinajstić information content (AvgIpc) is 2.68. The molecule has 1 aromatic heterocycles. The molecule has 7 nitrogen and oxygen atoms in total. The number of hydrogen-bond donors (Lipinski definition) is 3. The van der Waals surface area contributed by atoms with E-state index in [1.165, 1.54) is 0 Å². The van der Waals surface area contributed by atoms with Gasteiger partial charge in [0.15, 0.2) is 0 Å². The van der Waals surface area contributed by atoms with Crippen molar-refractivity contribution in [1.82, 2.24) is 10.3 Å². The van der Waals surface area contributed by atoms with Crippen molar-refractivity contribution in [3.05, 3.63) is 59.9 Å². The maximum Gasteiger partial charge on any atom is 0.255 e. The van der Waals surface area contributed by atoms with Crippen LogP contribution in [0.25, 0.3) is 0 Å². The highest BCUT2D eigenvalue weighted by Crippen LogP contribution is 2.18. The van der Waals surface area contributed by atoms with Crippen LogP contribution in [0, 0.1) is 0 Å². The molecule has 136 valence electrons. The second-order valence-electron chi connectivity index (χ2n) is 6.34. The van der Waals surface area contributed by atoms with E-state index in [9.17, 15) is 9.59 Å². The normalized spacial score (nSPS) is 15.9. The highest BCUT2D eigenvalue weighted by atomic mass is 16.5. The summed E-state index contributed by atoms with van der Waals surface area (Å²) in [6.45, 7) is 1.38. The number of pyridine rings is 1. The van der Waals surface area contributed by atoms with Crippen molar-refractivity contribution < 1.29 is 14.3 Å². The van der Waals surface area contributed by atoms with E-state index < -0.39 is 5.54 Å². The van der Waals surface area contributed by atoms with Gasteiger partial charge in [0, 0.05) is 43.4 Å². The molecule has 2 heterocycles. The van der Waals surface area contributed by atoms with E-state index in [2.05, 4.69) is 15.6 Å². The highest BCUT2D eigenvalue weighted by molar-refractivity contribution is 6.04. The maximum absolute atomic E-state index is 12.3. The minimum Gasteiger partial charge on any atom is -0.381 e. The number of carbonyl (C=O) groups excluding carboxylic acids is 2. The Balaban J connectivity index is 1.54. The lowest BCUT2D eigenvalue weighted by Crippen LogP contribution is -2.56. The predicted octanol–water partition coefficient (Wildman–Crippen LogP) is 1.46. The number of ether oxygens (including phenoxy) is 1. The lowest BCUT2D eigenvalue weighted by Gasteiger charge is -2.31. The number of nitrogens with zero attached hydrogens (tertiary/aromatic N) is 1. The molecule has 0 spiro atoms. The molecular weight excluding hydrogens is 332 g/mol. The summed E-state index contributed by atoms with van der Waals surface area (Å²) in [7, 11) is 0. The number of anilines is 1. The first-order valence-electron chi connectivity index (χ1n) is 8.52. The molecule has 0 saturated carbocycles. The Bertz CT molecular complexity index is 756. The molecule has 2 amide bonds. The maximum atomic E-state index is 12.3. The SMILES string of the molecule is NC1(C(=O)NCc2ccc(C(=O)Nc3ccncc3)cc2)CCOCC1. The van der Waals surface area contributed by atoms with Crippen molar-refractivity contribution in [3.8, 4) is 0 Å². The van der Waals surface area contributed by atoms with Crippen molar-refractivity contribution in [2.24, 2.45) is 5.73 Å². The summed E-state index contributed by atoms with van der Waals surface area (Å²) >= 11 is 0. The smallest absolute Gasteiger partial charge is 0.255 e. The molecule has 0 radical (unpaired) electrons. The molecular formula is C19H22N4O3. The fraction of sp³-hybridized carbons (Fsp3) is 0.316.